The van der Waals surface area contributed by atoms with Crippen LogP contribution in [0.1, 0.15) is 10.4 Å². The number of carbonyl (C=O) groups excluding carboxylic acids is 1. The average Bonchev–Trinajstić information content (AvgIpc) is 2.76. The SMILES string of the molecule is O=C(Nn1c(-c2ccccc2)cc(-c2ccccc2)cc1=O)c1ccccc1. The van der Waals surface area contributed by atoms with Gasteiger partial charge in [0, 0.05) is 17.2 Å². The Hall–Kier alpha value is -3.92. The molecule has 0 saturated heterocycles. The van der Waals surface area contributed by atoms with Gasteiger partial charge in [-0.3, -0.25) is 15.0 Å². The van der Waals surface area contributed by atoms with Gasteiger partial charge in [0.2, 0.25) is 0 Å². The summed E-state index contributed by atoms with van der Waals surface area (Å²) in [6.45, 7) is 0. The lowest BCUT2D eigenvalue weighted by Gasteiger charge is -2.16. The van der Waals surface area contributed by atoms with Crippen LogP contribution < -0.4 is 11.0 Å². The second-order valence-electron chi connectivity index (χ2n) is 6.34. The number of rotatable bonds is 4. The molecule has 0 unspecified atom stereocenters. The number of pyridine rings is 1. The van der Waals surface area contributed by atoms with Crippen molar-refractivity contribution in [2.24, 2.45) is 0 Å². The van der Waals surface area contributed by atoms with Gasteiger partial charge in [0.1, 0.15) is 0 Å². The number of benzene rings is 3. The smallest absolute Gasteiger partial charge is 0.267 e. The Morgan fingerprint density at radius 2 is 1.18 bits per heavy atom. The Morgan fingerprint density at radius 3 is 1.79 bits per heavy atom. The van der Waals surface area contributed by atoms with E-state index in [1.807, 2.05) is 72.8 Å². The van der Waals surface area contributed by atoms with Crippen molar-refractivity contribution in [3.05, 3.63) is 119 Å². The molecule has 0 aliphatic heterocycles. The van der Waals surface area contributed by atoms with E-state index in [1.54, 1.807) is 24.3 Å². The first-order chi connectivity index (χ1) is 13.7. The van der Waals surface area contributed by atoms with Crippen molar-refractivity contribution in [1.82, 2.24) is 4.68 Å². The first kappa shape index (κ1) is 17.5. The second-order valence-corrected chi connectivity index (χ2v) is 6.34. The first-order valence-electron chi connectivity index (χ1n) is 8.97. The van der Waals surface area contributed by atoms with Crippen molar-refractivity contribution < 1.29 is 4.79 Å². The molecule has 1 amide bonds. The molecule has 0 aliphatic carbocycles. The van der Waals surface area contributed by atoms with Crippen LogP contribution in [-0.4, -0.2) is 10.6 Å². The van der Waals surface area contributed by atoms with Gasteiger partial charge in [-0.05, 0) is 29.3 Å². The third-order valence-electron chi connectivity index (χ3n) is 4.46. The van der Waals surface area contributed by atoms with Crippen molar-refractivity contribution >= 4 is 5.91 Å². The Kier molecular flexibility index (Phi) is 4.85. The minimum Gasteiger partial charge on any atom is -0.267 e. The summed E-state index contributed by atoms with van der Waals surface area (Å²) in [7, 11) is 0. The summed E-state index contributed by atoms with van der Waals surface area (Å²) in [6, 6.07) is 31.5. The van der Waals surface area contributed by atoms with Crippen LogP contribution in [0.5, 0.6) is 0 Å². The maximum atomic E-state index is 12.9. The molecule has 136 valence electrons. The maximum Gasteiger partial charge on any atom is 0.270 e. The Balaban J connectivity index is 1.83. The molecular formula is C24H18N2O2. The van der Waals surface area contributed by atoms with Crippen LogP contribution in [0.3, 0.4) is 0 Å². The highest BCUT2D eigenvalue weighted by Gasteiger charge is 2.13. The third kappa shape index (κ3) is 3.62. The lowest BCUT2D eigenvalue weighted by Crippen LogP contribution is -2.34. The fraction of sp³-hybridized carbons (Fsp3) is 0. The van der Waals surface area contributed by atoms with Crippen molar-refractivity contribution in [3.8, 4) is 22.4 Å². The number of hydrogen-bond acceptors (Lipinski definition) is 2. The van der Waals surface area contributed by atoms with E-state index in [2.05, 4.69) is 5.43 Å². The molecule has 0 radical (unpaired) electrons. The summed E-state index contributed by atoms with van der Waals surface area (Å²) in [4.78, 5) is 25.6. The maximum absolute atomic E-state index is 12.9. The quantitative estimate of drug-likeness (QED) is 0.575. The topological polar surface area (TPSA) is 51.1 Å². The van der Waals surface area contributed by atoms with Crippen molar-refractivity contribution in [3.63, 3.8) is 0 Å². The van der Waals surface area contributed by atoms with Gasteiger partial charge >= 0.3 is 0 Å². The van der Waals surface area contributed by atoms with E-state index in [4.69, 9.17) is 0 Å². The molecule has 28 heavy (non-hydrogen) atoms. The Labute approximate surface area is 162 Å². The summed E-state index contributed by atoms with van der Waals surface area (Å²) < 4.78 is 1.30. The standard InChI is InChI=1S/C24H18N2O2/c27-23-17-21(18-10-4-1-5-11-18)16-22(19-12-6-2-7-13-19)26(23)25-24(28)20-14-8-3-9-15-20/h1-17H,(H,25,28). The van der Waals surface area contributed by atoms with Crippen LogP contribution in [0.15, 0.2) is 108 Å². The van der Waals surface area contributed by atoms with Gasteiger partial charge in [-0.25, -0.2) is 4.68 Å². The molecule has 4 rings (SSSR count). The van der Waals surface area contributed by atoms with Crippen LogP contribution >= 0.6 is 0 Å². The summed E-state index contributed by atoms with van der Waals surface area (Å²) >= 11 is 0. The molecule has 0 saturated carbocycles. The highest BCUT2D eigenvalue weighted by Crippen LogP contribution is 2.24. The minimum absolute atomic E-state index is 0.301. The molecule has 4 aromatic rings. The summed E-state index contributed by atoms with van der Waals surface area (Å²) in [5.41, 5.74) is 6.13. The fourth-order valence-electron chi connectivity index (χ4n) is 3.06. The Bertz CT molecular complexity index is 1150. The number of carbonyl (C=O) groups is 1. The van der Waals surface area contributed by atoms with Gasteiger partial charge in [-0.2, -0.15) is 0 Å². The number of nitrogens with one attached hydrogen (secondary N) is 1. The number of amides is 1. The van der Waals surface area contributed by atoms with Gasteiger partial charge in [0.15, 0.2) is 0 Å². The lowest BCUT2D eigenvalue weighted by atomic mass is 10.0. The monoisotopic (exact) mass is 366 g/mol. The molecule has 1 heterocycles. The molecule has 1 N–H and O–H groups in total. The third-order valence-corrected chi connectivity index (χ3v) is 4.46. The number of nitrogens with zero attached hydrogens (tertiary/aromatic N) is 1. The fourth-order valence-corrected chi connectivity index (χ4v) is 3.06. The molecule has 0 spiro atoms. The van der Waals surface area contributed by atoms with Crippen molar-refractivity contribution in [2.75, 3.05) is 5.43 Å². The van der Waals surface area contributed by atoms with Gasteiger partial charge in [0.25, 0.3) is 11.5 Å². The molecule has 4 nitrogen and oxygen atoms in total. The summed E-state index contributed by atoms with van der Waals surface area (Å²) in [5.74, 6) is -0.340. The summed E-state index contributed by atoms with van der Waals surface area (Å²) in [6.07, 6.45) is 0. The second kappa shape index (κ2) is 7.76. The van der Waals surface area contributed by atoms with Gasteiger partial charge < -0.3 is 0 Å². The molecule has 4 heteroatoms. The van der Waals surface area contributed by atoms with Gasteiger partial charge in [0.05, 0.1) is 5.69 Å². The van der Waals surface area contributed by atoms with Gasteiger partial charge in [-0.1, -0.05) is 78.9 Å². The van der Waals surface area contributed by atoms with E-state index >= 15 is 0 Å². The molecule has 0 aliphatic rings. The van der Waals surface area contributed by atoms with Crippen LogP contribution in [0, 0.1) is 0 Å². The average molecular weight is 366 g/mol. The lowest BCUT2D eigenvalue weighted by molar-refractivity contribution is 0.101. The predicted octanol–water partition coefficient (Wildman–Crippen LogP) is 4.57. The van der Waals surface area contributed by atoms with Crippen molar-refractivity contribution in [1.29, 1.82) is 0 Å². The summed E-state index contributed by atoms with van der Waals surface area (Å²) in [5, 5.41) is 0. The zero-order chi connectivity index (χ0) is 19.3. The van der Waals surface area contributed by atoms with E-state index in [-0.39, 0.29) is 11.5 Å². The highest BCUT2D eigenvalue weighted by atomic mass is 16.2. The van der Waals surface area contributed by atoms with E-state index in [1.165, 1.54) is 10.7 Å². The minimum atomic E-state index is -0.340. The molecule has 0 atom stereocenters. The van der Waals surface area contributed by atoms with Gasteiger partial charge in [-0.15, -0.1) is 0 Å². The van der Waals surface area contributed by atoms with E-state index < -0.39 is 0 Å². The highest BCUT2D eigenvalue weighted by molar-refractivity contribution is 6.00. The molecule has 3 aromatic carbocycles. The predicted molar refractivity (Wildman–Crippen MR) is 112 cm³/mol. The van der Waals surface area contributed by atoms with E-state index in [0.717, 1.165) is 16.7 Å². The van der Waals surface area contributed by atoms with Crippen LogP contribution in [0.4, 0.5) is 0 Å². The normalized spacial score (nSPS) is 10.4. The molecule has 0 bridgehead atoms. The van der Waals surface area contributed by atoms with E-state index in [9.17, 15) is 9.59 Å². The molecular weight excluding hydrogens is 348 g/mol. The zero-order valence-corrected chi connectivity index (χ0v) is 15.1. The van der Waals surface area contributed by atoms with Crippen LogP contribution in [-0.2, 0) is 0 Å². The largest absolute Gasteiger partial charge is 0.270 e. The number of aromatic nitrogens is 1. The zero-order valence-electron chi connectivity index (χ0n) is 15.1. The first-order valence-corrected chi connectivity index (χ1v) is 8.97. The molecule has 0 fully saturated rings. The number of hydrogen-bond donors (Lipinski definition) is 1. The van der Waals surface area contributed by atoms with Crippen LogP contribution in [0.25, 0.3) is 22.4 Å². The van der Waals surface area contributed by atoms with Crippen LogP contribution in [0.2, 0.25) is 0 Å². The van der Waals surface area contributed by atoms with E-state index in [0.29, 0.717) is 11.3 Å². The molecule has 1 aromatic heterocycles. The van der Waals surface area contributed by atoms with Crippen molar-refractivity contribution in [2.45, 2.75) is 0 Å². The Morgan fingerprint density at radius 1 is 0.643 bits per heavy atom.